The normalized spacial score (nSPS) is 10.8. The van der Waals surface area contributed by atoms with E-state index in [0.29, 0.717) is 5.02 Å². The number of carbonyl (C=O) groups is 3. The van der Waals surface area contributed by atoms with Gasteiger partial charge in [-0.25, -0.2) is 4.79 Å². The topological polar surface area (TPSA) is 96.5 Å². The van der Waals surface area contributed by atoms with Gasteiger partial charge in [0.05, 0.1) is 17.1 Å². The van der Waals surface area contributed by atoms with E-state index in [2.05, 4.69) is 16.0 Å². The number of rotatable bonds is 6. The summed E-state index contributed by atoms with van der Waals surface area (Å²) in [6.45, 7) is 5.34. The van der Waals surface area contributed by atoms with Gasteiger partial charge in [0, 0.05) is 18.1 Å². The summed E-state index contributed by atoms with van der Waals surface area (Å²) in [6, 6.07) is 4.57. The SMILES string of the molecule is CC(C)(C)OC(=O)NCC(=O)NCCNC(=O)c1cc(Cl)ccc1Cl. The highest BCUT2D eigenvalue weighted by Gasteiger charge is 2.16. The van der Waals surface area contributed by atoms with Crippen LogP contribution in [0.15, 0.2) is 18.2 Å². The number of alkyl carbamates (subject to hydrolysis) is 1. The zero-order chi connectivity index (χ0) is 19.0. The molecule has 25 heavy (non-hydrogen) atoms. The molecule has 0 aliphatic carbocycles. The second-order valence-electron chi connectivity index (χ2n) is 6.09. The summed E-state index contributed by atoms with van der Waals surface area (Å²) in [5.74, 6) is -0.797. The highest BCUT2D eigenvalue weighted by molar-refractivity contribution is 6.35. The summed E-state index contributed by atoms with van der Waals surface area (Å²) in [5.41, 5.74) is -0.376. The number of carbonyl (C=O) groups excluding carboxylic acids is 3. The summed E-state index contributed by atoms with van der Waals surface area (Å²) in [5, 5.41) is 8.18. The van der Waals surface area contributed by atoms with Crippen LogP contribution in [0.5, 0.6) is 0 Å². The summed E-state index contributed by atoms with van der Waals surface area (Å²) in [7, 11) is 0. The lowest BCUT2D eigenvalue weighted by atomic mass is 10.2. The van der Waals surface area contributed by atoms with Crippen molar-refractivity contribution in [2.45, 2.75) is 26.4 Å². The third kappa shape index (κ3) is 8.60. The molecule has 138 valence electrons. The van der Waals surface area contributed by atoms with Crippen molar-refractivity contribution in [2.75, 3.05) is 19.6 Å². The number of amides is 3. The zero-order valence-electron chi connectivity index (χ0n) is 14.2. The van der Waals surface area contributed by atoms with E-state index < -0.39 is 23.5 Å². The Morgan fingerprint density at radius 2 is 1.68 bits per heavy atom. The molecule has 0 atom stereocenters. The molecule has 0 saturated heterocycles. The van der Waals surface area contributed by atoms with E-state index in [1.165, 1.54) is 12.1 Å². The lowest BCUT2D eigenvalue weighted by molar-refractivity contribution is -0.120. The maximum absolute atomic E-state index is 12.0. The lowest BCUT2D eigenvalue weighted by Gasteiger charge is -2.19. The van der Waals surface area contributed by atoms with Crippen molar-refractivity contribution < 1.29 is 19.1 Å². The first kappa shape index (κ1) is 21.1. The molecule has 0 spiro atoms. The molecule has 1 rings (SSSR count). The van der Waals surface area contributed by atoms with Gasteiger partial charge in [0.15, 0.2) is 0 Å². The monoisotopic (exact) mass is 389 g/mol. The van der Waals surface area contributed by atoms with Crippen LogP contribution in [0.4, 0.5) is 4.79 Å². The minimum Gasteiger partial charge on any atom is -0.444 e. The van der Waals surface area contributed by atoms with Crippen LogP contribution in [-0.2, 0) is 9.53 Å². The van der Waals surface area contributed by atoms with Crippen molar-refractivity contribution in [3.63, 3.8) is 0 Å². The molecule has 9 heteroatoms. The van der Waals surface area contributed by atoms with Crippen LogP contribution in [0, 0.1) is 0 Å². The lowest BCUT2D eigenvalue weighted by Crippen LogP contribution is -2.42. The summed E-state index contributed by atoms with van der Waals surface area (Å²) < 4.78 is 5.00. The van der Waals surface area contributed by atoms with Gasteiger partial charge in [-0.15, -0.1) is 0 Å². The minimum absolute atomic E-state index is 0.193. The third-order valence-corrected chi connectivity index (χ3v) is 3.26. The van der Waals surface area contributed by atoms with Crippen molar-refractivity contribution in [3.8, 4) is 0 Å². The number of ether oxygens (including phenoxy) is 1. The van der Waals surface area contributed by atoms with Crippen LogP contribution in [-0.4, -0.2) is 43.1 Å². The molecule has 1 aromatic carbocycles. The van der Waals surface area contributed by atoms with Gasteiger partial charge in [0.2, 0.25) is 5.91 Å². The third-order valence-electron chi connectivity index (χ3n) is 2.70. The van der Waals surface area contributed by atoms with E-state index in [1.807, 2.05) is 0 Å². The summed E-state index contributed by atoms with van der Waals surface area (Å²) >= 11 is 11.8. The number of hydrogen-bond acceptors (Lipinski definition) is 4. The van der Waals surface area contributed by atoms with Crippen LogP contribution >= 0.6 is 23.2 Å². The average molecular weight is 390 g/mol. The van der Waals surface area contributed by atoms with Crippen LogP contribution in [0.25, 0.3) is 0 Å². The van der Waals surface area contributed by atoms with Crippen molar-refractivity contribution in [3.05, 3.63) is 33.8 Å². The van der Waals surface area contributed by atoms with E-state index in [0.717, 1.165) is 0 Å². The molecule has 3 amide bonds. The van der Waals surface area contributed by atoms with E-state index in [9.17, 15) is 14.4 Å². The second-order valence-corrected chi connectivity index (χ2v) is 6.93. The molecule has 0 aliphatic rings. The molecular formula is C16H21Cl2N3O4. The van der Waals surface area contributed by atoms with Gasteiger partial charge in [-0.1, -0.05) is 23.2 Å². The first-order valence-electron chi connectivity index (χ1n) is 7.55. The van der Waals surface area contributed by atoms with E-state index in [-0.39, 0.29) is 30.2 Å². The molecule has 0 saturated carbocycles. The van der Waals surface area contributed by atoms with Crippen LogP contribution in [0.2, 0.25) is 10.0 Å². The molecule has 0 fully saturated rings. The molecule has 0 unspecified atom stereocenters. The molecule has 0 aromatic heterocycles. The molecule has 3 N–H and O–H groups in total. The van der Waals surface area contributed by atoms with Gasteiger partial charge >= 0.3 is 6.09 Å². The van der Waals surface area contributed by atoms with E-state index in [1.54, 1.807) is 26.8 Å². The second kappa shape index (κ2) is 9.48. The van der Waals surface area contributed by atoms with Crippen molar-refractivity contribution in [1.29, 1.82) is 0 Å². The van der Waals surface area contributed by atoms with Gasteiger partial charge in [0.25, 0.3) is 5.91 Å². The van der Waals surface area contributed by atoms with Crippen LogP contribution in [0.1, 0.15) is 31.1 Å². The smallest absolute Gasteiger partial charge is 0.408 e. The van der Waals surface area contributed by atoms with Gasteiger partial charge in [0.1, 0.15) is 5.60 Å². The summed E-state index contributed by atoms with van der Waals surface area (Å²) in [4.78, 5) is 35.0. The summed E-state index contributed by atoms with van der Waals surface area (Å²) in [6.07, 6.45) is -0.674. The highest BCUT2D eigenvalue weighted by Crippen LogP contribution is 2.20. The number of benzene rings is 1. The number of nitrogens with one attached hydrogen (secondary N) is 3. The Bertz CT molecular complexity index is 645. The predicted octanol–water partition coefficient (Wildman–Crippen LogP) is 2.36. The molecular weight excluding hydrogens is 369 g/mol. The van der Waals surface area contributed by atoms with Crippen LogP contribution < -0.4 is 16.0 Å². The Morgan fingerprint density at radius 3 is 2.32 bits per heavy atom. The fraction of sp³-hybridized carbons (Fsp3) is 0.438. The van der Waals surface area contributed by atoms with E-state index >= 15 is 0 Å². The van der Waals surface area contributed by atoms with E-state index in [4.69, 9.17) is 27.9 Å². The Labute approximate surface area is 156 Å². The highest BCUT2D eigenvalue weighted by atomic mass is 35.5. The quantitative estimate of drug-likeness (QED) is 0.650. The van der Waals surface area contributed by atoms with Gasteiger partial charge in [-0.2, -0.15) is 0 Å². The van der Waals surface area contributed by atoms with Gasteiger partial charge < -0.3 is 20.7 Å². The molecule has 0 heterocycles. The van der Waals surface area contributed by atoms with Crippen molar-refractivity contribution >= 4 is 41.1 Å². The van der Waals surface area contributed by atoms with Crippen molar-refractivity contribution in [1.82, 2.24) is 16.0 Å². The largest absolute Gasteiger partial charge is 0.444 e. The molecule has 0 bridgehead atoms. The number of halogens is 2. The molecule has 1 aromatic rings. The zero-order valence-corrected chi connectivity index (χ0v) is 15.8. The fourth-order valence-corrected chi connectivity index (χ4v) is 2.05. The maximum atomic E-state index is 12.0. The standard InChI is InChI=1S/C16H21Cl2N3O4/c1-16(2,3)25-15(24)21-9-13(22)19-6-7-20-14(23)11-8-10(17)4-5-12(11)18/h4-5,8H,6-7,9H2,1-3H3,(H,19,22)(H,20,23)(H,21,24). The van der Waals surface area contributed by atoms with Gasteiger partial charge in [-0.05, 0) is 39.0 Å². The first-order valence-corrected chi connectivity index (χ1v) is 8.31. The first-order chi connectivity index (χ1) is 11.6. The minimum atomic E-state index is -0.674. The fourth-order valence-electron chi connectivity index (χ4n) is 1.67. The van der Waals surface area contributed by atoms with Crippen molar-refractivity contribution in [2.24, 2.45) is 0 Å². The predicted molar refractivity (Wildman–Crippen MR) is 96.0 cm³/mol. The van der Waals surface area contributed by atoms with Gasteiger partial charge in [-0.3, -0.25) is 9.59 Å². The van der Waals surface area contributed by atoms with Crippen LogP contribution in [0.3, 0.4) is 0 Å². The average Bonchev–Trinajstić information content (AvgIpc) is 2.50. The Morgan fingerprint density at radius 1 is 1.04 bits per heavy atom. The Hall–Kier alpha value is -1.99. The maximum Gasteiger partial charge on any atom is 0.408 e. The Balaban J connectivity index is 2.26. The molecule has 0 aliphatic heterocycles. The molecule has 7 nitrogen and oxygen atoms in total. The molecule has 0 radical (unpaired) electrons. The Kier molecular flexibility index (Phi) is 7.99. The number of hydrogen-bond donors (Lipinski definition) is 3.